The molecule has 0 fully saturated rings. The molecule has 0 saturated carbocycles. The first-order valence-corrected chi connectivity index (χ1v) is 7.24. The van der Waals surface area contributed by atoms with Crippen LogP contribution in [0.25, 0.3) is 0 Å². The number of carbonyl (C=O) groups excluding carboxylic acids is 1. The van der Waals surface area contributed by atoms with Crippen LogP contribution in [0, 0.1) is 0 Å². The fourth-order valence-electron chi connectivity index (χ4n) is 0.915. The molecule has 0 aliphatic rings. The normalized spacial score (nSPS) is 11.7. The third kappa shape index (κ3) is 6.11. The van der Waals surface area contributed by atoms with Crippen molar-refractivity contribution in [2.45, 2.75) is 12.8 Å². The van der Waals surface area contributed by atoms with Crippen LogP contribution in [-0.4, -0.2) is 50.5 Å². The molecule has 0 aromatic carbocycles. The van der Waals surface area contributed by atoms with Crippen LogP contribution in [0.3, 0.4) is 0 Å². The molecule has 0 saturated heterocycles. The number of hydrogen-bond donors (Lipinski definition) is 0. The van der Waals surface area contributed by atoms with E-state index in [-0.39, 0.29) is 18.1 Å². The lowest BCUT2D eigenvalue weighted by atomic mass is 10.3. The summed E-state index contributed by atoms with van der Waals surface area (Å²) in [5.74, 6) is -0.403. The summed E-state index contributed by atoms with van der Waals surface area (Å²) in [6.45, 7) is 0.431. The van der Waals surface area contributed by atoms with Gasteiger partial charge in [-0.05, 0) is 6.42 Å². The fraction of sp³-hybridized carbons (Fsp3) is 0.875. The average molecular weight is 302 g/mol. The van der Waals surface area contributed by atoms with Gasteiger partial charge in [-0.25, -0.2) is 12.7 Å². The van der Waals surface area contributed by atoms with Crippen LogP contribution in [0.2, 0.25) is 0 Å². The van der Waals surface area contributed by atoms with Crippen LogP contribution < -0.4 is 0 Å². The minimum atomic E-state index is -3.23. The predicted molar refractivity (Wildman–Crippen MR) is 61.5 cm³/mol. The van der Waals surface area contributed by atoms with E-state index in [1.807, 2.05) is 0 Å². The van der Waals surface area contributed by atoms with Gasteiger partial charge in [0, 0.05) is 25.3 Å². The molecule has 0 heterocycles. The van der Waals surface area contributed by atoms with E-state index < -0.39 is 10.0 Å². The van der Waals surface area contributed by atoms with Crippen molar-refractivity contribution in [1.29, 1.82) is 0 Å². The molecule has 0 bridgehead atoms. The van der Waals surface area contributed by atoms with E-state index in [0.717, 1.165) is 0 Å². The molecule has 0 rings (SSSR count). The Balaban J connectivity index is 3.99. The van der Waals surface area contributed by atoms with E-state index in [1.54, 1.807) is 0 Å². The molecule has 90 valence electrons. The summed E-state index contributed by atoms with van der Waals surface area (Å²) in [5, 5.41) is 0.597. The molecule has 0 atom stereocenters. The summed E-state index contributed by atoms with van der Waals surface area (Å²) in [5.41, 5.74) is 0. The largest absolute Gasteiger partial charge is 0.469 e. The average Bonchev–Trinajstić information content (AvgIpc) is 2.17. The highest BCUT2D eigenvalue weighted by atomic mass is 79.9. The summed E-state index contributed by atoms with van der Waals surface area (Å²) in [6, 6.07) is 0. The quantitative estimate of drug-likeness (QED) is 0.510. The summed E-state index contributed by atoms with van der Waals surface area (Å²) >= 11 is 3.16. The molecular weight excluding hydrogens is 286 g/mol. The SMILES string of the molecule is COC(=O)CCCS(=O)(=O)N(C)CCBr. The summed E-state index contributed by atoms with van der Waals surface area (Å²) in [6.07, 6.45) is 0.430. The smallest absolute Gasteiger partial charge is 0.305 e. The van der Waals surface area contributed by atoms with Gasteiger partial charge in [0.2, 0.25) is 10.0 Å². The van der Waals surface area contributed by atoms with Crippen LogP contribution in [0.1, 0.15) is 12.8 Å². The first kappa shape index (κ1) is 14.9. The highest BCUT2D eigenvalue weighted by Gasteiger charge is 2.17. The minimum Gasteiger partial charge on any atom is -0.469 e. The van der Waals surface area contributed by atoms with Crippen LogP contribution in [0.5, 0.6) is 0 Å². The molecule has 0 N–H and O–H groups in total. The topological polar surface area (TPSA) is 63.7 Å². The Morgan fingerprint density at radius 3 is 2.53 bits per heavy atom. The van der Waals surface area contributed by atoms with Gasteiger partial charge >= 0.3 is 5.97 Å². The maximum atomic E-state index is 11.5. The number of nitrogens with zero attached hydrogens (tertiary/aromatic N) is 1. The summed E-state index contributed by atoms with van der Waals surface area (Å²) in [4.78, 5) is 10.8. The van der Waals surface area contributed by atoms with Gasteiger partial charge < -0.3 is 4.74 Å². The van der Waals surface area contributed by atoms with E-state index in [1.165, 1.54) is 18.5 Å². The molecule has 7 heteroatoms. The monoisotopic (exact) mass is 301 g/mol. The third-order valence-corrected chi connectivity index (χ3v) is 4.18. The Labute approximate surface area is 99.0 Å². The van der Waals surface area contributed by atoms with E-state index >= 15 is 0 Å². The number of alkyl halides is 1. The molecule has 0 aromatic heterocycles. The van der Waals surface area contributed by atoms with E-state index in [2.05, 4.69) is 20.7 Å². The predicted octanol–water partition coefficient (Wildman–Crippen LogP) is 0.596. The van der Waals surface area contributed by atoms with Crippen molar-refractivity contribution in [3.8, 4) is 0 Å². The second-order valence-corrected chi connectivity index (χ2v) is 5.99. The van der Waals surface area contributed by atoms with Gasteiger partial charge in [0.25, 0.3) is 0 Å². The minimum absolute atomic E-state index is 0.0222. The lowest BCUT2D eigenvalue weighted by Gasteiger charge is -2.15. The van der Waals surface area contributed by atoms with Gasteiger partial charge in [-0.3, -0.25) is 4.79 Å². The van der Waals surface area contributed by atoms with Crippen molar-refractivity contribution in [1.82, 2.24) is 4.31 Å². The maximum Gasteiger partial charge on any atom is 0.305 e. The zero-order chi connectivity index (χ0) is 11.9. The van der Waals surface area contributed by atoms with Gasteiger partial charge in [-0.2, -0.15) is 0 Å². The Kier molecular flexibility index (Phi) is 7.12. The van der Waals surface area contributed by atoms with Gasteiger partial charge in [0.05, 0.1) is 12.9 Å². The number of halogens is 1. The van der Waals surface area contributed by atoms with Gasteiger partial charge in [-0.1, -0.05) is 15.9 Å². The zero-order valence-electron chi connectivity index (χ0n) is 8.90. The molecule has 5 nitrogen and oxygen atoms in total. The number of rotatable bonds is 7. The molecule has 0 radical (unpaired) electrons. The lowest BCUT2D eigenvalue weighted by Crippen LogP contribution is -2.31. The zero-order valence-corrected chi connectivity index (χ0v) is 11.3. The number of carbonyl (C=O) groups is 1. The lowest BCUT2D eigenvalue weighted by molar-refractivity contribution is -0.140. The Hall–Kier alpha value is -0.140. The number of esters is 1. The number of sulfonamides is 1. The van der Waals surface area contributed by atoms with Gasteiger partial charge in [0.15, 0.2) is 0 Å². The molecule has 0 aliphatic heterocycles. The van der Waals surface area contributed by atoms with E-state index in [4.69, 9.17) is 0 Å². The van der Waals surface area contributed by atoms with Crippen molar-refractivity contribution >= 4 is 31.9 Å². The third-order valence-electron chi connectivity index (χ3n) is 1.89. The van der Waals surface area contributed by atoms with Crippen LogP contribution >= 0.6 is 15.9 Å². The Bertz CT molecular complexity index is 291. The molecule has 15 heavy (non-hydrogen) atoms. The second-order valence-electron chi connectivity index (χ2n) is 3.01. The van der Waals surface area contributed by atoms with Crippen molar-refractivity contribution in [2.75, 3.05) is 31.8 Å². The Morgan fingerprint density at radius 1 is 1.47 bits per heavy atom. The maximum absolute atomic E-state index is 11.5. The second kappa shape index (κ2) is 7.19. The molecular formula is C8H16BrNO4S. The van der Waals surface area contributed by atoms with Crippen LogP contribution in [0.15, 0.2) is 0 Å². The van der Waals surface area contributed by atoms with Crippen molar-refractivity contribution in [3.05, 3.63) is 0 Å². The molecule has 0 aliphatic carbocycles. The number of ether oxygens (including phenoxy) is 1. The first-order valence-electron chi connectivity index (χ1n) is 4.51. The molecule has 0 spiro atoms. The number of hydrogen-bond acceptors (Lipinski definition) is 4. The van der Waals surface area contributed by atoms with Gasteiger partial charge in [0.1, 0.15) is 0 Å². The highest BCUT2D eigenvalue weighted by molar-refractivity contribution is 9.09. The van der Waals surface area contributed by atoms with Crippen LogP contribution in [-0.2, 0) is 19.6 Å². The highest BCUT2D eigenvalue weighted by Crippen LogP contribution is 2.03. The molecule has 0 amide bonds. The van der Waals surface area contributed by atoms with Crippen LogP contribution in [0.4, 0.5) is 0 Å². The van der Waals surface area contributed by atoms with E-state index in [9.17, 15) is 13.2 Å². The molecule has 0 unspecified atom stereocenters. The summed E-state index contributed by atoms with van der Waals surface area (Å²) < 4.78 is 28.8. The van der Waals surface area contributed by atoms with Crippen molar-refractivity contribution in [3.63, 3.8) is 0 Å². The Morgan fingerprint density at radius 2 is 2.07 bits per heavy atom. The van der Waals surface area contributed by atoms with Crippen molar-refractivity contribution in [2.24, 2.45) is 0 Å². The summed E-state index contributed by atoms with van der Waals surface area (Å²) in [7, 11) is -0.423. The van der Waals surface area contributed by atoms with Crippen molar-refractivity contribution < 1.29 is 17.9 Å². The van der Waals surface area contributed by atoms with Gasteiger partial charge in [-0.15, -0.1) is 0 Å². The molecule has 0 aromatic rings. The number of methoxy groups -OCH3 is 1. The first-order chi connectivity index (χ1) is 6.94. The fourth-order valence-corrected chi connectivity index (χ4v) is 2.87. The van der Waals surface area contributed by atoms with E-state index in [0.29, 0.717) is 18.3 Å². The standard InChI is InChI=1S/C8H16BrNO4S/c1-10(6-5-9)15(12,13)7-3-4-8(11)14-2/h3-7H2,1-2H3.